The fraction of sp³-hybridized carbons (Fsp3) is 0.120. The summed E-state index contributed by atoms with van der Waals surface area (Å²) in [7, 11) is 3.20. The molecule has 0 atom stereocenters. The van der Waals surface area contributed by atoms with Crippen LogP contribution in [0.2, 0.25) is 0 Å². The number of anilines is 2. The molecule has 1 heterocycles. The molecule has 0 aliphatic carbocycles. The van der Waals surface area contributed by atoms with E-state index in [-0.39, 0.29) is 0 Å². The Kier molecular flexibility index (Phi) is 6.37. The molecule has 0 aliphatic heterocycles. The first-order valence-electron chi connectivity index (χ1n) is 9.99. The molecule has 0 unspecified atom stereocenters. The van der Waals surface area contributed by atoms with Crippen LogP contribution in [0.15, 0.2) is 72.9 Å². The normalized spacial score (nSPS) is 10.5. The van der Waals surface area contributed by atoms with Crippen LogP contribution in [0.1, 0.15) is 5.56 Å². The number of nitrogens with one attached hydrogen (secondary N) is 2. The van der Waals surface area contributed by atoms with E-state index in [4.69, 9.17) is 26.4 Å². The summed E-state index contributed by atoms with van der Waals surface area (Å²) in [6.45, 7) is 2.04. The van der Waals surface area contributed by atoms with Gasteiger partial charge in [0.1, 0.15) is 11.5 Å². The van der Waals surface area contributed by atoms with Crippen molar-refractivity contribution in [1.82, 2.24) is 4.98 Å². The average Bonchev–Trinajstić information content (AvgIpc) is 2.79. The lowest BCUT2D eigenvalue weighted by Gasteiger charge is -2.13. The van der Waals surface area contributed by atoms with Crippen molar-refractivity contribution in [2.45, 2.75) is 6.92 Å². The molecule has 0 bridgehead atoms. The van der Waals surface area contributed by atoms with Gasteiger partial charge in [-0.2, -0.15) is 0 Å². The number of hydrogen-bond acceptors (Lipinski definition) is 5. The maximum Gasteiger partial charge on any atom is 0.175 e. The van der Waals surface area contributed by atoms with Gasteiger partial charge in [-0.3, -0.25) is 4.98 Å². The molecule has 4 aromatic rings. The first-order valence-corrected chi connectivity index (χ1v) is 10.4. The van der Waals surface area contributed by atoms with E-state index >= 15 is 0 Å². The highest BCUT2D eigenvalue weighted by atomic mass is 32.1. The summed E-state index contributed by atoms with van der Waals surface area (Å²) in [5.41, 5.74) is 3.72. The Labute approximate surface area is 192 Å². The summed E-state index contributed by atoms with van der Waals surface area (Å²) in [6.07, 6.45) is 1.70. The zero-order valence-corrected chi connectivity index (χ0v) is 18.8. The smallest absolute Gasteiger partial charge is 0.175 e. The number of hydrogen-bond donors (Lipinski definition) is 2. The van der Waals surface area contributed by atoms with Crippen LogP contribution in [0, 0.1) is 6.92 Å². The first-order chi connectivity index (χ1) is 15.6. The zero-order chi connectivity index (χ0) is 22.5. The number of methoxy groups -OCH3 is 2. The summed E-state index contributed by atoms with van der Waals surface area (Å²) in [6, 6.07) is 21.1. The third kappa shape index (κ3) is 4.90. The van der Waals surface area contributed by atoms with E-state index in [0.29, 0.717) is 28.1 Å². The second-order valence-corrected chi connectivity index (χ2v) is 7.52. The number of benzene rings is 3. The van der Waals surface area contributed by atoms with Gasteiger partial charge in [-0.05, 0) is 73.2 Å². The van der Waals surface area contributed by atoms with Crippen LogP contribution in [-0.4, -0.2) is 24.3 Å². The molecule has 4 rings (SSSR count). The Morgan fingerprint density at radius 3 is 2.25 bits per heavy atom. The lowest BCUT2D eigenvalue weighted by atomic mass is 10.2. The van der Waals surface area contributed by atoms with Crippen LogP contribution in [0.25, 0.3) is 10.9 Å². The summed E-state index contributed by atoms with van der Waals surface area (Å²) < 4.78 is 16.9. The molecule has 0 saturated heterocycles. The highest BCUT2D eigenvalue weighted by Crippen LogP contribution is 2.37. The molecule has 1 aromatic heterocycles. The first kappa shape index (κ1) is 21.4. The molecule has 32 heavy (non-hydrogen) atoms. The molecule has 0 saturated carbocycles. The Hall–Kier alpha value is -3.84. The van der Waals surface area contributed by atoms with Crippen molar-refractivity contribution >= 4 is 39.6 Å². The van der Waals surface area contributed by atoms with Gasteiger partial charge in [-0.25, -0.2) is 0 Å². The summed E-state index contributed by atoms with van der Waals surface area (Å²) in [5, 5.41) is 7.72. The number of thiocarbonyl (C=S) groups is 1. The molecule has 2 N–H and O–H groups in total. The number of aromatic nitrogens is 1. The number of ether oxygens (including phenoxy) is 3. The number of rotatable bonds is 6. The second kappa shape index (κ2) is 9.53. The molecule has 6 nitrogen and oxygen atoms in total. The molecule has 0 aliphatic rings. The van der Waals surface area contributed by atoms with Crippen molar-refractivity contribution in [1.29, 1.82) is 0 Å². The summed E-state index contributed by atoms with van der Waals surface area (Å²) in [5.74, 6) is 2.60. The molecular weight excluding hydrogens is 422 g/mol. The van der Waals surface area contributed by atoms with Gasteiger partial charge in [-0.15, -0.1) is 0 Å². The van der Waals surface area contributed by atoms with E-state index in [0.717, 1.165) is 22.3 Å². The fourth-order valence-corrected chi connectivity index (χ4v) is 3.52. The monoisotopic (exact) mass is 445 g/mol. The standard InChI is InChI=1S/C25H23N3O3S/c1-16-5-4-6-18(13-16)28-25(32)27-17-7-9-19(10-8-17)31-22-11-12-26-21-15-24(30-3)23(29-2)14-20(21)22/h4-15H,1-3H3,(H2,27,28,32). The fourth-order valence-electron chi connectivity index (χ4n) is 3.29. The minimum absolute atomic E-state index is 0.519. The maximum atomic E-state index is 6.12. The van der Waals surface area contributed by atoms with Crippen molar-refractivity contribution in [3.63, 3.8) is 0 Å². The number of aryl methyl sites for hydroxylation is 1. The van der Waals surface area contributed by atoms with Gasteiger partial charge >= 0.3 is 0 Å². The molecule has 0 fully saturated rings. The highest BCUT2D eigenvalue weighted by molar-refractivity contribution is 7.80. The second-order valence-electron chi connectivity index (χ2n) is 7.11. The van der Waals surface area contributed by atoms with Crippen molar-refractivity contribution in [2.24, 2.45) is 0 Å². The van der Waals surface area contributed by atoms with E-state index in [2.05, 4.69) is 15.6 Å². The van der Waals surface area contributed by atoms with Crippen molar-refractivity contribution in [3.8, 4) is 23.0 Å². The molecule has 162 valence electrons. The van der Waals surface area contributed by atoms with E-state index in [1.54, 1.807) is 20.4 Å². The van der Waals surface area contributed by atoms with E-state index in [1.165, 1.54) is 5.56 Å². The third-order valence-electron chi connectivity index (χ3n) is 4.82. The van der Waals surface area contributed by atoms with E-state index in [9.17, 15) is 0 Å². The Balaban J connectivity index is 1.48. The Bertz CT molecular complexity index is 1260. The number of fused-ring (bicyclic) bond motifs is 1. The van der Waals surface area contributed by atoms with E-state index in [1.807, 2.05) is 73.7 Å². The Morgan fingerprint density at radius 1 is 0.812 bits per heavy atom. The van der Waals surface area contributed by atoms with Crippen molar-refractivity contribution < 1.29 is 14.2 Å². The van der Waals surface area contributed by atoms with Crippen molar-refractivity contribution in [3.05, 3.63) is 78.5 Å². The van der Waals surface area contributed by atoms with Gasteiger partial charge in [0.15, 0.2) is 16.6 Å². The van der Waals surface area contributed by atoms with Gasteiger partial charge in [0.25, 0.3) is 0 Å². The minimum atomic E-state index is 0.519. The average molecular weight is 446 g/mol. The topological polar surface area (TPSA) is 64.6 Å². The minimum Gasteiger partial charge on any atom is -0.493 e. The van der Waals surface area contributed by atoms with Crippen molar-refractivity contribution in [2.75, 3.05) is 24.9 Å². The SMILES string of the molecule is COc1cc2nccc(Oc3ccc(NC(=S)Nc4cccc(C)c4)cc3)c2cc1OC. The molecular formula is C25H23N3O3S. The van der Waals surface area contributed by atoms with Crippen LogP contribution in [-0.2, 0) is 0 Å². The molecule has 0 radical (unpaired) electrons. The molecule has 0 amide bonds. The molecule has 0 spiro atoms. The maximum absolute atomic E-state index is 6.12. The Morgan fingerprint density at radius 2 is 1.53 bits per heavy atom. The zero-order valence-electron chi connectivity index (χ0n) is 18.0. The van der Waals surface area contributed by atoms with Crippen LogP contribution in [0.3, 0.4) is 0 Å². The predicted molar refractivity (Wildman–Crippen MR) is 132 cm³/mol. The molecule has 7 heteroatoms. The van der Waals surface area contributed by atoms with Gasteiger partial charge in [0.2, 0.25) is 0 Å². The van der Waals surface area contributed by atoms with Crippen LogP contribution in [0.5, 0.6) is 23.0 Å². The number of pyridine rings is 1. The van der Waals surface area contributed by atoms with Crippen LogP contribution < -0.4 is 24.8 Å². The lowest BCUT2D eigenvalue weighted by molar-refractivity contribution is 0.355. The van der Waals surface area contributed by atoms with Gasteiger partial charge in [0, 0.05) is 29.0 Å². The quantitative estimate of drug-likeness (QED) is 0.345. The molecule has 3 aromatic carbocycles. The van der Waals surface area contributed by atoms with Gasteiger partial charge < -0.3 is 24.8 Å². The van der Waals surface area contributed by atoms with Crippen LogP contribution >= 0.6 is 12.2 Å². The summed E-state index contributed by atoms with van der Waals surface area (Å²) >= 11 is 5.41. The highest BCUT2D eigenvalue weighted by Gasteiger charge is 2.11. The van der Waals surface area contributed by atoms with E-state index < -0.39 is 0 Å². The lowest BCUT2D eigenvalue weighted by Crippen LogP contribution is -2.18. The van der Waals surface area contributed by atoms with Gasteiger partial charge in [-0.1, -0.05) is 12.1 Å². The van der Waals surface area contributed by atoms with Crippen LogP contribution in [0.4, 0.5) is 11.4 Å². The largest absolute Gasteiger partial charge is 0.493 e. The summed E-state index contributed by atoms with van der Waals surface area (Å²) in [4.78, 5) is 4.41. The number of nitrogens with zero attached hydrogens (tertiary/aromatic N) is 1. The predicted octanol–water partition coefficient (Wildman–Crippen LogP) is 6.16. The van der Waals surface area contributed by atoms with Gasteiger partial charge in [0.05, 0.1) is 19.7 Å². The third-order valence-corrected chi connectivity index (χ3v) is 5.03.